The van der Waals surface area contributed by atoms with E-state index in [0.29, 0.717) is 13.0 Å². The minimum Gasteiger partial charge on any atom is -0.480 e. The monoisotopic (exact) mass is 306 g/mol. The highest BCUT2D eigenvalue weighted by Crippen LogP contribution is 2.07. The molecule has 1 aromatic rings. The lowest BCUT2D eigenvalue weighted by molar-refractivity contribution is -0.142. The molecule has 5 heteroatoms. The number of carboxylic acids is 1. The number of hydrogen-bond acceptors (Lipinski definition) is 3. The lowest BCUT2D eigenvalue weighted by Crippen LogP contribution is -2.49. The molecule has 0 heterocycles. The Bertz CT molecular complexity index is 476. The van der Waals surface area contributed by atoms with E-state index in [2.05, 4.69) is 5.32 Å². The van der Waals surface area contributed by atoms with Crippen LogP contribution in [0.1, 0.15) is 38.7 Å². The molecular formula is C17H26N2O3. The maximum absolute atomic E-state index is 12.2. The summed E-state index contributed by atoms with van der Waals surface area (Å²) in [6.07, 6.45) is 2.15. The van der Waals surface area contributed by atoms with Crippen molar-refractivity contribution in [2.24, 2.45) is 0 Å². The fourth-order valence-electron chi connectivity index (χ4n) is 2.17. The highest BCUT2D eigenvalue weighted by molar-refractivity contribution is 5.86. The molecule has 0 spiro atoms. The largest absolute Gasteiger partial charge is 0.480 e. The summed E-state index contributed by atoms with van der Waals surface area (Å²) in [4.78, 5) is 25.3. The van der Waals surface area contributed by atoms with Crippen LogP contribution in [0.5, 0.6) is 0 Å². The summed E-state index contributed by atoms with van der Waals surface area (Å²) in [5.41, 5.74) is 1.12. The predicted molar refractivity (Wildman–Crippen MR) is 86.5 cm³/mol. The van der Waals surface area contributed by atoms with Gasteiger partial charge in [0, 0.05) is 6.54 Å². The van der Waals surface area contributed by atoms with Gasteiger partial charge in [-0.1, -0.05) is 50.1 Å². The quantitative estimate of drug-likeness (QED) is 0.734. The van der Waals surface area contributed by atoms with Crippen LogP contribution in [-0.2, 0) is 16.1 Å². The zero-order valence-electron chi connectivity index (χ0n) is 13.6. The van der Waals surface area contributed by atoms with Gasteiger partial charge in [0.2, 0.25) is 5.91 Å². The number of aliphatic carboxylic acids is 1. The molecule has 0 bridgehead atoms. The SMILES string of the molecule is CCCCC(NC(=O)C(C)N(C)Cc1ccccc1)C(=O)O. The Morgan fingerprint density at radius 3 is 2.45 bits per heavy atom. The van der Waals surface area contributed by atoms with E-state index in [9.17, 15) is 14.7 Å². The second-order valence-corrected chi connectivity index (χ2v) is 5.62. The molecule has 1 amide bonds. The average molecular weight is 306 g/mol. The van der Waals surface area contributed by atoms with Crippen LogP contribution in [0.15, 0.2) is 30.3 Å². The Hall–Kier alpha value is -1.88. The molecule has 22 heavy (non-hydrogen) atoms. The van der Waals surface area contributed by atoms with Crippen molar-refractivity contribution in [3.05, 3.63) is 35.9 Å². The zero-order valence-corrected chi connectivity index (χ0v) is 13.6. The van der Waals surface area contributed by atoms with Crippen molar-refractivity contribution in [3.8, 4) is 0 Å². The molecular weight excluding hydrogens is 280 g/mol. The topological polar surface area (TPSA) is 69.6 Å². The number of nitrogens with one attached hydrogen (secondary N) is 1. The first-order valence-electron chi connectivity index (χ1n) is 7.73. The van der Waals surface area contributed by atoms with E-state index in [0.717, 1.165) is 18.4 Å². The number of carbonyl (C=O) groups is 2. The van der Waals surface area contributed by atoms with Crippen LogP contribution in [0.4, 0.5) is 0 Å². The zero-order chi connectivity index (χ0) is 16.5. The van der Waals surface area contributed by atoms with E-state index >= 15 is 0 Å². The maximum Gasteiger partial charge on any atom is 0.326 e. The Kier molecular flexibility index (Phi) is 7.60. The molecule has 2 unspecified atom stereocenters. The molecule has 0 aliphatic heterocycles. The van der Waals surface area contributed by atoms with E-state index in [4.69, 9.17) is 0 Å². The first-order chi connectivity index (χ1) is 10.5. The van der Waals surface area contributed by atoms with Crippen molar-refractivity contribution < 1.29 is 14.7 Å². The second-order valence-electron chi connectivity index (χ2n) is 5.62. The number of carbonyl (C=O) groups excluding carboxylic acids is 1. The van der Waals surface area contributed by atoms with Crippen LogP contribution in [0, 0.1) is 0 Å². The van der Waals surface area contributed by atoms with Crippen molar-refractivity contribution >= 4 is 11.9 Å². The van der Waals surface area contributed by atoms with Gasteiger partial charge < -0.3 is 10.4 Å². The third-order valence-corrected chi connectivity index (χ3v) is 3.78. The van der Waals surface area contributed by atoms with Gasteiger partial charge in [0.1, 0.15) is 6.04 Å². The number of nitrogens with zero attached hydrogens (tertiary/aromatic N) is 1. The molecule has 2 atom stereocenters. The normalized spacial score (nSPS) is 13.6. The van der Waals surface area contributed by atoms with Crippen molar-refractivity contribution in [2.45, 2.75) is 51.7 Å². The van der Waals surface area contributed by atoms with Gasteiger partial charge in [0.25, 0.3) is 0 Å². The summed E-state index contributed by atoms with van der Waals surface area (Å²) in [6, 6.07) is 8.68. The van der Waals surface area contributed by atoms with Crippen LogP contribution in [0.2, 0.25) is 0 Å². The van der Waals surface area contributed by atoms with Crippen LogP contribution in [0.25, 0.3) is 0 Å². The van der Waals surface area contributed by atoms with E-state index in [1.807, 2.05) is 49.2 Å². The Morgan fingerprint density at radius 1 is 1.27 bits per heavy atom. The summed E-state index contributed by atoms with van der Waals surface area (Å²) in [5, 5.41) is 11.8. The summed E-state index contributed by atoms with van der Waals surface area (Å²) < 4.78 is 0. The van der Waals surface area contributed by atoms with E-state index in [1.54, 1.807) is 6.92 Å². The summed E-state index contributed by atoms with van der Waals surface area (Å²) in [7, 11) is 1.86. The molecule has 1 rings (SSSR count). The third kappa shape index (κ3) is 5.85. The molecule has 122 valence electrons. The van der Waals surface area contributed by atoms with Crippen molar-refractivity contribution in [1.29, 1.82) is 0 Å². The number of rotatable bonds is 9. The lowest BCUT2D eigenvalue weighted by atomic mass is 10.1. The van der Waals surface area contributed by atoms with Gasteiger partial charge >= 0.3 is 5.97 Å². The van der Waals surface area contributed by atoms with Gasteiger partial charge in [-0.2, -0.15) is 0 Å². The number of benzene rings is 1. The molecule has 0 fully saturated rings. The maximum atomic E-state index is 12.2. The Balaban J connectivity index is 2.57. The molecule has 0 saturated carbocycles. The highest BCUT2D eigenvalue weighted by atomic mass is 16.4. The van der Waals surface area contributed by atoms with Gasteiger partial charge in [-0.15, -0.1) is 0 Å². The molecule has 0 saturated heterocycles. The molecule has 0 aliphatic rings. The Labute approximate surface area is 132 Å². The van der Waals surface area contributed by atoms with E-state index < -0.39 is 12.0 Å². The molecule has 5 nitrogen and oxygen atoms in total. The molecule has 0 aromatic heterocycles. The van der Waals surface area contributed by atoms with Crippen molar-refractivity contribution in [3.63, 3.8) is 0 Å². The summed E-state index contributed by atoms with van der Waals surface area (Å²) >= 11 is 0. The van der Waals surface area contributed by atoms with Crippen LogP contribution in [0.3, 0.4) is 0 Å². The fraction of sp³-hybridized carbons (Fsp3) is 0.529. The fourth-order valence-corrected chi connectivity index (χ4v) is 2.17. The van der Waals surface area contributed by atoms with Gasteiger partial charge in [0.05, 0.1) is 6.04 Å². The van der Waals surface area contributed by atoms with Gasteiger partial charge in [-0.25, -0.2) is 4.79 Å². The van der Waals surface area contributed by atoms with E-state index in [1.165, 1.54) is 0 Å². The van der Waals surface area contributed by atoms with Crippen molar-refractivity contribution in [1.82, 2.24) is 10.2 Å². The molecule has 2 N–H and O–H groups in total. The van der Waals surface area contributed by atoms with Gasteiger partial charge in [0.15, 0.2) is 0 Å². The number of amides is 1. The number of likely N-dealkylation sites (N-methyl/N-ethyl adjacent to an activating group) is 1. The molecule has 0 radical (unpaired) electrons. The lowest BCUT2D eigenvalue weighted by Gasteiger charge is -2.25. The van der Waals surface area contributed by atoms with Gasteiger partial charge in [-0.05, 0) is 26.0 Å². The minimum atomic E-state index is -0.972. The first kappa shape index (κ1) is 18.2. The highest BCUT2D eigenvalue weighted by Gasteiger charge is 2.24. The van der Waals surface area contributed by atoms with Gasteiger partial charge in [-0.3, -0.25) is 9.69 Å². The van der Waals surface area contributed by atoms with Crippen LogP contribution >= 0.6 is 0 Å². The minimum absolute atomic E-state index is 0.248. The third-order valence-electron chi connectivity index (χ3n) is 3.78. The number of hydrogen-bond donors (Lipinski definition) is 2. The standard InChI is InChI=1S/C17H26N2O3/c1-4-5-11-15(17(21)22)18-16(20)13(2)19(3)12-14-9-7-6-8-10-14/h6-10,13,15H,4-5,11-12H2,1-3H3,(H,18,20)(H,21,22). The number of unbranched alkanes of at least 4 members (excludes halogenated alkanes) is 1. The average Bonchev–Trinajstić information content (AvgIpc) is 2.51. The second kappa shape index (κ2) is 9.20. The van der Waals surface area contributed by atoms with Crippen LogP contribution in [-0.4, -0.2) is 41.0 Å². The smallest absolute Gasteiger partial charge is 0.326 e. The molecule has 1 aromatic carbocycles. The van der Waals surface area contributed by atoms with Crippen LogP contribution < -0.4 is 5.32 Å². The van der Waals surface area contributed by atoms with E-state index in [-0.39, 0.29) is 11.9 Å². The van der Waals surface area contributed by atoms with Crippen molar-refractivity contribution in [2.75, 3.05) is 7.05 Å². The Morgan fingerprint density at radius 2 is 1.91 bits per heavy atom. The first-order valence-corrected chi connectivity index (χ1v) is 7.73. The predicted octanol–water partition coefficient (Wildman–Crippen LogP) is 2.27. The molecule has 0 aliphatic carbocycles. The number of carboxylic acid groups (broad SMARTS) is 1. The summed E-state index contributed by atoms with van der Waals surface area (Å²) in [6.45, 7) is 4.43. The summed E-state index contributed by atoms with van der Waals surface area (Å²) in [5.74, 6) is -1.22.